The average molecular weight is 250 g/mol. The maximum absolute atomic E-state index is 11.5. The molecule has 3 amide bonds. The molecule has 0 unspecified atom stereocenters. The van der Waals surface area contributed by atoms with Crippen LogP contribution in [0.15, 0.2) is 59.6 Å². The maximum atomic E-state index is 11.5. The Hall–Kier alpha value is -2.75. The van der Waals surface area contributed by atoms with Gasteiger partial charge in [0.15, 0.2) is 0 Å². The second kappa shape index (κ2) is 4.49. The van der Waals surface area contributed by atoms with Gasteiger partial charge in [-0.15, -0.1) is 0 Å². The lowest BCUT2D eigenvalue weighted by molar-refractivity contribution is -0.113. The van der Waals surface area contributed by atoms with Gasteiger partial charge in [0.25, 0.3) is 5.91 Å². The van der Waals surface area contributed by atoms with Crippen molar-refractivity contribution in [3.8, 4) is 11.1 Å². The molecule has 2 aromatic rings. The summed E-state index contributed by atoms with van der Waals surface area (Å²) < 4.78 is 0. The fourth-order valence-corrected chi connectivity index (χ4v) is 1.98. The number of nitrogens with one attached hydrogen (secondary N) is 1. The van der Waals surface area contributed by atoms with E-state index in [1.165, 1.54) is 0 Å². The summed E-state index contributed by atoms with van der Waals surface area (Å²) in [6.45, 7) is 0. The predicted octanol–water partition coefficient (Wildman–Crippen LogP) is 2.39. The lowest BCUT2D eigenvalue weighted by atomic mass is 10.0. The molecule has 1 heterocycles. The van der Waals surface area contributed by atoms with Gasteiger partial charge in [0.2, 0.25) is 0 Å². The number of hydrogen-bond donors (Lipinski definition) is 1. The van der Waals surface area contributed by atoms with Gasteiger partial charge in [-0.1, -0.05) is 54.6 Å². The number of imide groups is 1. The van der Waals surface area contributed by atoms with Gasteiger partial charge in [0.1, 0.15) is 5.71 Å². The second-order valence-electron chi connectivity index (χ2n) is 4.16. The first-order valence-electron chi connectivity index (χ1n) is 5.84. The zero-order valence-corrected chi connectivity index (χ0v) is 9.96. The Morgan fingerprint density at radius 1 is 0.737 bits per heavy atom. The number of rotatable bonds is 2. The topological polar surface area (TPSA) is 58.5 Å². The molecule has 0 aliphatic carbocycles. The standard InChI is InChI=1S/C15H10N2O2/c18-14-13(16-15(19)17-14)12-8-6-11(7-9-12)10-4-2-1-3-5-10/h1-9H,(H,17,18,19). The van der Waals surface area contributed by atoms with Crippen LogP contribution in [0.1, 0.15) is 5.56 Å². The van der Waals surface area contributed by atoms with Gasteiger partial charge in [-0.2, -0.15) is 4.99 Å². The van der Waals surface area contributed by atoms with Gasteiger partial charge >= 0.3 is 6.03 Å². The van der Waals surface area contributed by atoms with Crippen molar-refractivity contribution >= 4 is 17.6 Å². The Kier molecular flexibility index (Phi) is 2.68. The van der Waals surface area contributed by atoms with Crippen molar-refractivity contribution in [1.82, 2.24) is 5.32 Å². The highest BCUT2D eigenvalue weighted by molar-refractivity contribution is 6.51. The fraction of sp³-hybridized carbons (Fsp3) is 0. The molecule has 0 aromatic heterocycles. The fourth-order valence-electron chi connectivity index (χ4n) is 1.98. The molecule has 3 rings (SSSR count). The van der Waals surface area contributed by atoms with Crippen LogP contribution in [0.5, 0.6) is 0 Å². The monoisotopic (exact) mass is 250 g/mol. The van der Waals surface area contributed by atoms with Crippen molar-refractivity contribution in [1.29, 1.82) is 0 Å². The molecule has 1 aliphatic rings. The molecule has 19 heavy (non-hydrogen) atoms. The van der Waals surface area contributed by atoms with Crippen LogP contribution in [0, 0.1) is 0 Å². The van der Waals surface area contributed by atoms with Crippen LogP contribution in [0.2, 0.25) is 0 Å². The second-order valence-corrected chi connectivity index (χ2v) is 4.16. The molecule has 0 bridgehead atoms. The normalized spacial score (nSPS) is 14.2. The summed E-state index contributed by atoms with van der Waals surface area (Å²) in [6, 6.07) is 16.7. The van der Waals surface area contributed by atoms with Crippen LogP contribution >= 0.6 is 0 Å². The van der Waals surface area contributed by atoms with Crippen LogP contribution in [0.4, 0.5) is 4.79 Å². The third-order valence-electron chi connectivity index (χ3n) is 2.91. The SMILES string of the molecule is O=C1N=C(c2ccc(-c3ccccc3)cc2)C(=O)N1. The number of urea groups is 1. The van der Waals surface area contributed by atoms with E-state index in [0.717, 1.165) is 11.1 Å². The van der Waals surface area contributed by atoms with E-state index in [2.05, 4.69) is 10.3 Å². The number of aliphatic imine (C=N–C) groups is 1. The van der Waals surface area contributed by atoms with Crippen molar-refractivity contribution in [2.75, 3.05) is 0 Å². The summed E-state index contributed by atoms with van der Waals surface area (Å²) in [6.07, 6.45) is 0. The quantitative estimate of drug-likeness (QED) is 0.889. The minimum absolute atomic E-state index is 0.171. The Balaban J connectivity index is 1.94. The van der Waals surface area contributed by atoms with Crippen molar-refractivity contribution < 1.29 is 9.59 Å². The Morgan fingerprint density at radius 2 is 1.32 bits per heavy atom. The molecule has 0 atom stereocenters. The highest BCUT2D eigenvalue weighted by Crippen LogP contribution is 2.20. The molecular weight excluding hydrogens is 240 g/mol. The number of carbonyl (C=O) groups excluding carboxylic acids is 2. The van der Waals surface area contributed by atoms with Crippen LogP contribution in [0.3, 0.4) is 0 Å². The lowest BCUT2D eigenvalue weighted by Gasteiger charge is -2.03. The highest BCUT2D eigenvalue weighted by Gasteiger charge is 2.23. The molecule has 4 nitrogen and oxygen atoms in total. The van der Waals surface area contributed by atoms with E-state index < -0.39 is 11.9 Å². The summed E-state index contributed by atoms with van der Waals surface area (Å²) in [7, 11) is 0. The van der Waals surface area contributed by atoms with E-state index in [1.807, 2.05) is 42.5 Å². The maximum Gasteiger partial charge on any atom is 0.348 e. The highest BCUT2D eigenvalue weighted by atomic mass is 16.2. The summed E-state index contributed by atoms with van der Waals surface area (Å²) in [5, 5.41) is 2.13. The van der Waals surface area contributed by atoms with Crippen LogP contribution < -0.4 is 5.32 Å². The van der Waals surface area contributed by atoms with E-state index in [0.29, 0.717) is 5.56 Å². The van der Waals surface area contributed by atoms with Gasteiger partial charge in [0, 0.05) is 5.56 Å². The van der Waals surface area contributed by atoms with Crippen molar-refractivity contribution in [2.45, 2.75) is 0 Å². The summed E-state index contributed by atoms with van der Waals surface area (Å²) in [5.74, 6) is -0.447. The Morgan fingerprint density at radius 3 is 1.89 bits per heavy atom. The smallest absolute Gasteiger partial charge is 0.271 e. The molecule has 0 saturated carbocycles. The van der Waals surface area contributed by atoms with E-state index in [1.54, 1.807) is 12.1 Å². The number of carbonyl (C=O) groups is 2. The third kappa shape index (κ3) is 2.15. The van der Waals surface area contributed by atoms with Gasteiger partial charge in [0.05, 0.1) is 0 Å². The first kappa shape index (κ1) is 11.3. The molecule has 2 aromatic carbocycles. The van der Waals surface area contributed by atoms with Gasteiger partial charge in [-0.05, 0) is 11.1 Å². The number of hydrogen-bond acceptors (Lipinski definition) is 2. The average Bonchev–Trinajstić information content (AvgIpc) is 2.79. The zero-order valence-electron chi connectivity index (χ0n) is 9.96. The van der Waals surface area contributed by atoms with E-state index >= 15 is 0 Å². The van der Waals surface area contributed by atoms with E-state index in [-0.39, 0.29) is 5.71 Å². The first-order chi connectivity index (χ1) is 9.24. The van der Waals surface area contributed by atoms with Gasteiger partial charge in [-0.3, -0.25) is 10.1 Å². The minimum atomic E-state index is -0.605. The Labute approximate surface area is 109 Å². The van der Waals surface area contributed by atoms with Crippen molar-refractivity contribution in [3.05, 3.63) is 60.2 Å². The number of benzene rings is 2. The molecule has 92 valence electrons. The molecule has 0 saturated heterocycles. The van der Waals surface area contributed by atoms with E-state index in [4.69, 9.17) is 0 Å². The van der Waals surface area contributed by atoms with Gasteiger partial charge < -0.3 is 0 Å². The summed E-state index contributed by atoms with van der Waals surface area (Å²) >= 11 is 0. The first-order valence-corrected chi connectivity index (χ1v) is 5.84. The van der Waals surface area contributed by atoms with Gasteiger partial charge in [-0.25, -0.2) is 4.79 Å². The molecule has 1 N–H and O–H groups in total. The molecule has 0 radical (unpaired) electrons. The van der Waals surface area contributed by atoms with Crippen molar-refractivity contribution in [2.24, 2.45) is 4.99 Å². The molecule has 4 heteroatoms. The Bertz CT molecular complexity index is 673. The zero-order chi connectivity index (χ0) is 13.2. The summed E-state index contributed by atoms with van der Waals surface area (Å²) in [5.41, 5.74) is 2.96. The van der Waals surface area contributed by atoms with Crippen LogP contribution in [-0.2, 0) is 4.79 Å². The minimum Gasteiger partial charge on any atom is -0.271 e. The van der Waals surface area contributed by atoms with Crippen molar-refractivity contribution in [3.63, 3.8) is 0 Å². The molecular formula is C15H10N2O2. The van der Waals surface area contributed by atoms with Crippen LogP contribution in [-0.4, -0.2) is 17.6 Å². The third-order valence-corrected chi connectivity index (χ3v) is 2.91. The number of nitrogens with zero attached hydrogens (tertiary/aromatic N) is 1. The predicted molar refractivity (Wildman–Crippen MR) is 72.0 cm³/mol. The van der Waals surface area contributed by atoms with E-state index in [9.17, 15) is 9.59 Å². The number of amides is 3. The molecule has 0 fully saturated rings. The molecule has 0 spiro atoms. The summed E-state index contributed by atoms with van der Waals surface area (Å²) in [4.78, 5) is 26.1. The lowest BCUT2D eigenvalue weighted by Crippen LogP contribution is -2.25. The largest absolute Gasteiger partial charge is 0.348 e. The molecule has 1 aliphatic heterocycles. The van der Waals surface area contributed by atoms with Crippen LogP contribution in [0.25, 0.3) is 11.1 Å².